The highest BCUT2D eigenvalue weighted by Crippen LogP contribution is 2.70. The second-order valence-electron chi connectivity index (χ2n) is 9.82. The number of fused-ring (bicyclic) bond motifs is 3. The lowest BCUT2D eigenvalue weighted by molar-refractivity contribution is -0.186. The number of urea groups is 1. The quantitative estimate of drug-likeness (QED) is 0.655. The number of nitrogens with one attached hydrogen (secondary N) is 1. The van der Waals surface area contributed by atoms with Gasteiger partial charge in [0.15, 0.2) is 0 Å². The van der Waals surface area contributed by atoms with Crippen molar-refractivity contribution in [2.24, 2.45) is 44.8 Å². The van der Waals surface area contributed by atoms with Gasteiger partial charge in [-0.3, -0.25) is 4.79 Å². The second kappa shape index (κ2) is 5.70. The summed E-state index contributed by atoms with van der Waals surface area (Å²) in [5.74, 6) is 0.625. The Morgan fingerprint density at radius 3 is 2.58 bits per heavy atom. The molecule has 0 aromatic rings. The lowest BCUT2D eigenvalue weighted by atomic mass is 9.37. The van der Waals surface area contributed by atoms with Gasteiger partial charge in [-0.05, 0) is 86.9 Å². The molecule has 6 unspecified atom stereocenters. The fraction of sp³-hybridized carbons (Fsp3) is 0.850. The summed E-state index contributed by atoms with van der Waals surface area (Å²) in [6.45, 7) is 4.36. The van der Waals surface area contributed by atoms with Gasteiger partial charge in [-0.15, -0.1) is 0 Å². The van der Waals surface area contributed by atoms with Gasteiger partial charge in [-0.1, -0.05) is 13.3 Å². The van der Waals surface area contributed by atoms with Crippen LogP contribution in [0.5, 0.6) is 0 Å². The zero-order chi connectivity index (χ0) is 18.7. The van der Waals surface area contributed by atoms with Crippen molar-refractivity contribution >= 4 is 17.7 Å². The first-order chi connectivity index (χ1) is 12.2. The molecule has 4 N–H and O–H groups in total. The van der Waals surface area contributed by atoms with Crippen molar-refractivity contribution in [3.63, 3.8) is 0 Å². The van der Waals surface area contributed by atoms with Crippen LogP contribution in [0.2, 0.25) is 0 Å². The number of carbonyl (C=O) groups excluding carboxylic acids is 1. The van der Waals surface area contributed by atoms with Crippen LogP contribution < -0.4 is 11.2 Å². The maximum absolute atomic E-state index is 12.1. The molecule has 5 fully saturated rings. The molecule has 0 heterocycles. The fourth-order valence-corrected chi connectivity index (χ4v) is 7.59. The maximum Gasteiger partial charge on any atom is 0.332 e. The zero-order valence-corrected chi connectivity index (χ0v) is 15.9. The minimum atomic E-state index is -0.613. The van der Waals surface area contributed by atoms with E-state index >= 15 is 0 Å². The van der Waals surface area contributed by atoms with Crippen molar-refractivity contribution in [1.29, 1.82) is 0 Å². The maximum atomic E-state index is 12.1. The monoisotopic (exact) mass is 361 g/mol. The number of amides is 2. The van der Waals surface area contributed by atoms with Crippen LogP contribution in [0, 0.1) is 34.0 Å². The molecular weight excluding hydrogens is 330 g/mol. The molecule has 5 aliphatic carbocycles. The van der Waals surface area contributed by atoms with E-state index in [2.05, 4.69) is 17.5 Å². The number of hydrogen-bond acceptors (Lipinski definition) is 3. The van der Waals surface area contributed by atoms with E-state index in [0.717, 1.165) is 57.1 Å². The lowest BCUT2D eigenvalue weighted by Gasteiger charge is -2.67. The van der Waals surface area contributed by atoms with Crippen LogP contribution in [-0.2, 0) is 4.79 Å². The average Bonchev–Trinajstić information content (AvgIpc) is 2.59. The Bertz CT molecular complexity index is 677. The van der Waals surface area contributed by atoms with E-state index in [4.69, 9.17) is 5.73 Å². The third-order valence-electron chi connectivity index (χ3n) is 8.76. The Kier molecular flexibility index (Phi) is 3.90. The molecule has 144 valence electrons. The molecule has 5 rings (SSSR count). The van der Waals surface area contributed by atoms with E-state index in [1.54, 1.807) is 0 Å². The van der Waals surface area contributed by atoms with Gasteiger partial charge in [0.1, 0.15) is 0 Å². The van der Waals surface area contributed by atoms with Crippen molar-refractivity contribution < 1.29 is 14.7 Å². The predicted octanol–water partition coefficient (Wildman–Crippen LogP) is 3.51. The second-order valence-corrected chi connectivity index (χ2v) is 9.82. The molecule has 1 spiro atoms. The van der Waals surface area contributed by atoms with Crippen LogP contribution in [0.3, 0.4) is 0 Å². The molecule has 0 radical (unpaired) electrons. The largest absolute Gasteiger partial charge is 0.481 e. The number of carboxylic acids is 1. The number of nitrogens with two attached hydrogens (primary N) is 1. The van der Waals surface area contributed by atoms with Crippen molar-refractivity contribution in [2.75, 3.05) is 0 Å². The summed E-state index contributed by atoms with van der Waals surface area (Å²) in [6.07, 6.45) is 9.41. The van der Waals surface area contributed by atoms with E-state index in [1.807, 2.05) is 6.92 Å². The van der Waals surface area contributed by atoms with Gasteiger partial charge in [0.05, 0.1) is 5.41 Å². The fourth-order valence-electron chi connectivity index (χ4n) is 7.59. The minimum absolute atomic E-state index is 0.102. The van der Waals surface area contributed by atoms with Crippen molar-refractivity contribution in [2.45, 2.75) is 71.6 Å². The van der Waals surface area contributed by atoms with Gasteiger partial charge in [-0.2, -0.15) is 5.10 Å². The first kappa shape index (κ1) is 17.8. The number of carboxylic acid groups (broad SMARTS) is 1. The number of carbonyl (C=O) groups is 2. The van der Waals surface area contributed by atoms with Gasteiger partial charge in [0.25, 0.3) is 0 Å². The topological polar surface area (TPSA) is 105 Å². The molecule has 26 heavy (non-hydrogen) atoms. The van der Waals surface area contributed by atoms with Crippen LogP contribution in [0.25, 0.3) is 0 Å². The standard InChI is InChI=1S/C20H31N3O3/c1-18-6-3-7-19(2,16(24)25)14(18)5-9-20-8-4-12(10-15(18)20)13(11-20)22-23-17(21)26/h12,14-15H,3-11H2,1-2H3,(H,24,25)(H3,21,23,26)/b22-13+. The Morgan fingerprint density at radius 1 is 1.15 bits per heavy atom. The highest BCUT2D eigenvalue weighted by Gasteiger charge is 2.65. The lowest BCUT2D eigenvalue weighted by Crippen LogP contribution is -2.62. The first-order valence-electron chi connectivity index (χ1n) is 10.1. The van der Waals surface area contributed by atoms with Crippen LogP contribution in [0.4, 0.5) is 4.79 Å². The number of rotatable bonds is 2. The number of aliphatic carboxylic acids is 1. The predicted molar refractivity (Wildman–Crippen MR) is 98.5 cm³/mol. The molecule has 5 saturated carbocycles. The van der Waals surface area contributed by atoms with Gasteiger partial charge in [0, 0.05) is 5.71 Å². The van der Waals surface area contributed by atoms with Crippen molar-refractivity contribution in [3.05, 3.63) is 0 Å². The third kappa shape index (κ3) is 2.33. The molecule has 5 aliphatic rings. The molecule has 0 aliphatic heterocycles. The van der Waals surface area contributed by atoms with Crippen molar-refractivity contribution in [1.82, 2.24) is 5.43 Å². The summed E-state index contributed by atoms with van der Waals surface area (Å²) in [5.41, 5.74) is 8.47. The third-order valence-corrected chi connectivity index (χ3v) is 8.76. The molecule has 0 aromatic heterocycles. The molecule has 6 nitrogen and oxygen atoms in total. The smallest absolute Gasteiger partial charge is 0.332 e. The SMILES string of the molecule is CC1(C(=O)O)CCCC2(C)C3CC4CCC3(CCC12)C/C4=N\NC(N)=O. The summed E-state index contributed by atoms with van der Waals surface area (Å²) in [6, 6.07) is -0.604. The summed E-state index contributed by atoms with van der Waals surface area (Å²) >= 11 is 0. The Balaban J connectivity index is 1.67. The first-order valence-corrected chi connectivity index (χ1v) is 10.1. The summed E-state index contributed by atoms with van der Waals surface area (Å²) in [4.78, 5) is 23.2. The van der Waals surface area contributed by atoms with Crippen molar-refractivity contribution in [3.8, 4) is 0 Å². The van der Waals surface area contributed by atoms with E-state index in [9.17, 15) is 14.7 Å². The van der Waals surface area contributed by atoms with E-state index in [1.165, 1.54) is 6.42 Å². The molecular formula is C20H31N3O3. The summed E-state index contributed by atoms with van der Waals surface area (Å²) < 4.78 is 0. The average molecular weight is 361 g/mol. The highest BCUT2D eigenvalue weighted by molar-refractivity contribution is 5.90. The van der Waals surface area contributed by atoms with Gasteiger partial charge < -0.3 is 10.8 Å². The molecule has 0 saturated heterocycles. The van der Waals surface area contributed by atoms with Crippen LogP contribution in [0.1, 0.15) is 71.6 Å². The Morgan fingerprint density at radius 2 is 1.88 bits per heavy atom. The number of nitrogens with zero attached hydrogens (tertiary/aromatic N) is 1. The van der Waals surface area contributed by atoms with Gasteiger partial charge >= 0.3 is 12.0 Å². The normalized spacial score (nSPS) is 48.5. The zero-order valence-electron chi connectivity index (χ0n) is 15.9. The van der Waals surface area contributed by atoms with E-state index in [-0.39, 0.29) is 16.7 Å². The summed E-state index contributed by atoms with van der Waals surface area (Å²) in [7, 11) is 0. The van der Waals surface area contributed by atoms with Crippen LogP contribution in [-0.4, -0.2) is 22.8 Å². The van der Waals surface area contributed by atoms with E-state index < -0.39 is 17.4 Å². The molecule has 2 bridgehead atoms. The Labute approximate surface area is 155 Å². The number of primary amides is 1. The van der Waals surface area contributed by atoms with E-state index in [0.29, 0.717) is 11.8 Å². The molecule has 2 amide bonds. The van der Waals surface area contributed by atoms with Gasteiger partial charge in [-0.25, -0.2) is 10.2 Å². The van der Waals surface area contributed by atoms with Crippen LogP contribution >= 0.6 is 0 Å². The highest BCUT2D eigenvalue weighted by atomic mass is 16.4. The molecule has 0 aromatic carbocycles. The Hall–Kier alpha value is -1.59. The van der Waals surface area contributed by atoms with Crippen LogP contribution in [0.15, 0.2) is 5.10 Å². The summed E-state index contributed by atoms with van der Waals surface area (Å²) in [5, 5.41) is 14.3. The minimum Gasteiger partial charge on any atom is -0.481 e. The number of hydrogen-bond donors (Lipinski definition) is 3. The molecule has 6 heteroatoms. The molecule has 6 atom stereocenters. The van der Waals surface area contributed by atoms with Gasteiger partial charge in [0.2, 0.25) is 0 Å². The number of hydrazone groups is 1.